The molecule has 1 aromatic heterocycles. The molecule has 1 aliphatic rings. The molecule has 4 rings (SSSR count). The van der Waals surface area contributed by atoms with Crippen LogP contribution in [-0.4, -0.2) is 29.0 Å². The van der Waals surface area contributed by atoms with Crippen LogP contribution in [0, 0.1) is 6.92 Å². The van der Waals surface area contributed by atoms with Gasteiger partial charge in [-0.05, 0) is 66.4 Å². The summed E-state index contributed by atoms with van der Waals surface area (Å²) in [7, 11) is 0. The number of hydrogen-bond donors (Lipinski definition) is 1. The number of rotatable bonds is 7. The van der Waals surface area contributed by atoms with Crippen LogP contribution in [0.25, 0.3) is 6.08 Å². The maximum absolute atomic E-state index is 13.2. The molecular formula is C27H26ClN3O4. The van der Waals surface area contributed by atoms with Gasteiger partial charge in [0, 0.05) is 16.9 Å². The van der Waals surface area contributed by atoms with Crippen molar-refractivity contribution in [2.75, 3.05) is 11.5 Å². The van der Waals surface area contributed by atoms with Crippen LogP contribution in [0.5, 0.6) is 5.75 Å². The normalized spacial score (nSPS) is 15.2. The Hall–Kier alpha value is -3.84. The number of carbonyl (C=O) groups is 3. The smallest absolute Gasteiger partial charge is 0.335 e. The van der Waals surface area contributed by atoms with Crippen molar-refractivity contribution >= 4 is 41.2 Å². The van der Waals surface area contributed by atoms with Gasteiger partial charge >= 0.3 is 6.03 Å². The molecule has 0 spiro atoms. The van der Waals surface area contributed by atoms with E-state index in [4.69, 9.17) is 16.3 Å². The summed E-state index contributed by atoms with van der Waals surface area (Å²) in [6, 6.07) is 15.6. The first kappa shape index (κ1) is 24.3. The highest BCUT2D eigenvalue weighted by molar-refractivity contribution is 6.39. The van der Waals surface area contributed by atoms with Crippen molar-refractivity contribution < 1.29 is 19.1 Å². The van der Waals surface area contributed by atoms with E-state index in [1.165, 1.54) is 17.7 Å². The second-order valence-electron chi connectivity index (χ2n) is 8.59. The Morgan fingerprint density at radius 3 is 2.49 bits per heavy atom. The number of nitrogens with zero attached hydrogens (tertiary/aromatic N) is 2. The molecule has 180 valence electrons. The van der Waals surface area contributed by atoms with E-state index in [1.807, 2.05) is 48.0 Å². The summed E-state index contributed by atoms with van der Waals surface area (Å²) >= 11 is 6.18. The van der Waals surface area contributed by atoms with Crippen molar-refractivity contribution in [2.45, 2.75) is 33.2 Å². The monoisotopic (exact) mass is 491 g/mol. The zero-order chi connectivity index (χ0) is 25.1. The molecule has 1 saturated heterocycles. The maximum Gasteiger partial charge on any atom is 0.335 e. The van der Waals surface area contributed by atoms with E-state index in [-0.39, 0.29) is 11.3 Å². The minimum atomic E-state index is -0.815. The Morgan fingerprint density at radius 1 is 1.06 bits per heavy atom. The molecule has 7 nitrogen and oxygen atoms in total. The average molecular weight is 492 g/mol. The molecule has 35 heavy (non-hydrogen) atoms. The number of barbiturate groups is 1. The standard InChI is InChI=1S/C27H26ClN3O4/c1-17(2)19-7-10-22(11-8-19)35-14-13-30-12-4-5-20(30)15-23-25(32)29-27(34)31(26(23)33)21-9-6-18(3)24(28)16-21/h4-12,15-17H,13-14H2,1-3H3,(H,29,32,34). The minimum absolute atomic E-state index is 0.147. The molecule has 2 aromatic carbocycles. The van der Waals surface area contributed by atoms with Crippen LogP contribution in [0.15, 0.2) is 66.4 Å². The molecule has 0 aliphatic carbocycles. The fourth-order valence-corrected chi connectivity index (χ4v) is 3.91. The van der Waals surface area contributed by atoms with Crippen LogP contribution in [0.3, 0.4) is 0 Å². The molecule has 8 heteroatoms. The highest BCUT2D eigenvalue weighted by Crippen LogP contribution is 2.27. The third kappa shape index (κ3) is 5.30. The van der Waals surface area contributed by atoms with Gasteiger partial charge in [-0.3, -0.25) is 14.9 Å². The quantitative estimate of drug-likeness (QED) is 0.358. The summed E-state index contributed by atoms with van der Waals surface area (Å²) in [5, 5.41) is 2.65. The number of aryl methyl sites for hydroxylation is 1. The number of anilines is 1. The zero-order valence-corrected chi connectivity index (χ0v) is 20.5. The van der Waals surface area contributed by atoms with E-state index in [0.29, 0.717) is 29.8 Å². The Bertz CT molecular complexity index is 1310. The van der Waals surface area contributed by atoms with E-state index in [0.717, 1.165) is 16.2 Å². The van der Waals surface area contributed by atoms with Gasteiger partial charge in [-0.2, -0.15) is 0 Å². The number of amides is 4. The molecule has 0 saturated carbocycles. The number of ether oxygens (including phenoxy) is 1. The SMILES string of the molecule is Cc1ccc(N2C(=O)NC(=O)C(=Cc3cccn3CCOc3ccc(C(C)C)cc3)C2=O)cc1Cl. The fourth-order valence-electron chi connectivity index (χ4n) is 3.73. The molecule has 0 radical (unpaired) electrons. The number of nitrogens with one attached hydrogen (secondary N) is 1. The Labute approximate surface area is 208 Å². The van der Waals surface area contributed by atoms with Crippen molar-refractivity contribution in [1.82, 2.24) is 9.88 Å². The first-order valence-electron chi connectivity index (χ1n) is 11.3. The molecule has 1 aliphatic heterocycles. The van der Waals surface area contributed by atoms with Gasteiger partial charge in [0.1, 0.15) is 17.9 Å². The first-order chi connectivity index (χ1) is 16.7. The van der Waals surface area contributed by atoms with Gasteiger partial charge in [-0.15, -0.1) is 0 Å². The van der Waals surface area contributed by atoms with Crippen molar-refractivity contribution in [3.05, 3.63) is 88.2 Å². The zero-order valence-electron chi connectivity index (χ0n) is 19.7. The van der Waals surface area contributed by atoms with Crippen LogP contribution in [0.2, 0.25) is 5.02 Å². The molecule has 1 N–H and O–H groups in total. The van der Waals surface area contributed by atoms with Gasteiger partial charge in [-0.1, -0.05) is 43.6 Å². The number of carbonyl (C=O) groups excluding carboxylic acids is 3. The molecule has 0 unspecified atom stereocenters. The summed E-state index contributed by atoms with van der Waals surface area (Å²) in [5.41, 5.74) is 2.83. The van der Waals surface area contributed by atoms with E-state index >= 15 is 0 Å². The van der Waals surface area contributed by atoms with Crippen LogP contribution in [0.4, 0.5) is 10.5 Å². The molecule has 3 aromatic rings. The second kappa shape index (κ2) is 10.2. The lowest BCUT2D eigenvalue weighted by atomic mass is 10.0. The van der Waals surface area contributed by atoms with Crippen LogP contribution in [-0.2, 0) is 16.1 Å². The number of benzene rings is 2. The lowest BCUT2D eigenvalue weighted by molar-refractivity contribution is -0.122. The van der Waals surface area contributed by atoms with Gasteiger partial charge in [0.15, 0.2) is 0 Å². The van der Waals surface area contributed by atoms with Crippen molar-refractivity contribution in [2.24, 2.45) is 0 Å². The van der Waals surface area contributed by atoms with Gasteiger partial charge < -0.3 is 9.30 Å². The lowest BCUT2D eigenvalue weighted by Gasteiger charge is -2.26. The van der Waals surface area contributed by atoms with Gasteiger partial charge in [-0.25, -0.2) is 9.69 Å². The Balaban J connectivity index is 1.50. The van der Waals surface area contributed by atoms with Crippen LogP contribution in [0.1, 0.15) is 36.6 Å². The van der Waals surface area contributed by atoms with Crippen molar-refractivity contribution in [3.63, 3.8) is 0 Å². The average Bonchev–Trinajstić information content (AvgIpc) is 3.26. The van der Waals surface area contributed by atoms with Crippen molar-refractivity contribution in [3.8, 4) is 5.75 Å². The van der Waals surface area contributed by atoms with Gasteiger partial charge in [0.05, 0.1) is 12.2 Å². The van der Waals surface area contributed by atoms with E-state index in [9.17, 15) is 14.4 Å². The Morgan fingerprint density at radius 2 is 1.80 bits per heavy atom. The number of imide groups is 2. The molecule has 2 heterocycles. The fraction of sp³-hybridized carbons (Fsp3) is 0.222. The summed E-state index contributed by atoms with van der Waals surface area (Å²) in [6.45, 7) is 7.00. The van der Waals surface area contributed by atoms with E-state index in [2.05, 4.69) is 19.2 Å². The summed E-state index contributed by atoms with van der Waals surface area (Å²) in [5.74, 6) is -0.237. The minimum Gasteiger partial charge on any atom is -0.492 e. The van der Waals surface area contributed by atoms with Gasteiger partial charge in [0.25, 0.3) is 11.8 Å². The molecule has 1 fully saturated rings. The lowest BCUT2D eigenvalue weighted by Crippen LogP contribution is -2.54. The summed E-state index contributed by atoms with van der Waals surface area (Å²) < 4.78 is 7.73. The highest BCUT2D eigenvalue weighted by Gasteiger charge is 2.37. The third-order valence-corrected chi connectivity index (χ3v) is 6.23. The number of hydrogen-bond acceptors (Lipinski definition) is 4. The second-order valence-corrected chi connectivity index (χ2v) is 9.00. The largest absolute Gasteiger partial charge is 0.492 e. The predicted molar refractivity (Wildman–Crippen MR) is 136 cm³/mol. The number of urea groups is 1. The maximum atomic E-state index is 13.2. The highest BCUT2D eigenvalue weighted by atomic mass is 35.5. The molecular weight excluding hydrogens is 466 g/mol. The van der Waals surface area contributed by atoms with Crippen molar-refractivity contribution in [1.29, 1.82) is 0 Å². The summed E-state index contributed by atoms with van der Waals surface area (Å²) in [6.07, 6.45) is 3.32. The summed E-state index contributed by atoms with van der Waals surface area (Å²) in [4.78, 5) is 39.0. The topological polar surface area (TPSA) is 80.6 Å². The van der Waals surface area contributed by atoms with Crippen LogP contribution < -0.4 is 15.0 Å². The third-order valence-electron chi connectivity index (χ3n) is 5.82. The number of aromatic nitrogens is 1. The molecule has 0 bridgehead atoms. The molecule has 0 atom stereocenters. The van der Waals surface area contributed by atoms with Crippen LogP contribution >= 0.6 is 11.6 Å². The van der Waals surface area contributed by atoms with E-state index in [1.54, 1.807) is 18.2 Å². The first-order valence-corrected chi connectivity index (χ1v) is 11.7. The van der Waals surface area contributed by atoms with E-state index < -0.39 is 17.8 Å². The number of halogens is 1. The predicted octanol–water partition coefficient (Wildman–Crippen LogP) is 5.32. The Kier molecular flexibility index (Phi) is 7.07. The van der Waals surface area contributed by atoms with Gasteiger partial charge in [0.2, 0.25) is 0 Å². The molecule has 4 amide bonds.